The number of carbonyl (C=O) groups is 1. The zero-order valence-electron chi connectivity index (χ0n) is 9.07. The highest BCUT2D eigenvalue weighted by molar-refractivity contribution is 5.84. The van der Waals surface area contributed by atoms with E-state index in [4.69, 9.17) is 0 Å². The zero-order valence-corrected chi connectivity index (χ0v) is 9.07. The molecule has 2 aromatic heterocycles. The lowest BCUT2D eigenvalue weighted by atomic mass is 10.3. The van der Waals surface area contributed by atoms with E-state index in [0.29, 0.717) is 34.6 Å². The van der Waals surface area contributed by atoms with Crippen LogP contribution in [-0.2, 0) is 4.79 Å². The molecule has 0 spiro atoms. The summed E-state index contributed by atoms with van der Waals surface area (Å²) in [5.74, 6) is 0.144. The van der Waals surface area contributed by atoms with Crippen LogP contribution in [0.25, 0.3) is 22.6 Å². The number of aromatic amines is 2. The Labute approximate surface area is 100 Å². The summed E-state index contributed by atoms with van der Waals surface area (Å²) in [4.78, 5) is 17.7. The van der Waals surface area contributed by atoms with Gasteiger partial charge in [-0.3, -0.25) is 9.89 Å². The molecule has 0 aliphatic carbocycles. The van der Waals surface area contributed by atoms with Crippen LogP contribution in [0, 0.1) is 5.82 Å². The molecular weight excluding hydrogens is 237 g/mol. The number of benzene rings is 1. The van der Waals surface area contributed by atoms with Crippen LogP contribution < -0.4 is 5.32 Å². The molecule has 0 aliphatic heterocycles. The molecule has 2 heterocycles. The Hall–Kier alpha value is -2.70. The highest BCUT2D eigenvalue weighted by Crippen LogP contribution is 2.24. The summed E-state index contributed by atoms with van der Waals surface area (Å²) in [5.41, 5.74) is 2.26. The maximum atomic E-state index is 13.1. The van der Waals surface area contributed by atoms with Crippen LogP contribution in [0.4, 0.5) is 10.1 Å². The lowest BCUT2D eigenvalue weighted by Crippen LogP contribution is -1.94. The van der Waals surface area contributed by atoms with E-state index >= 15 is 0 Å². The average Bonchev–Trinajstić information content (AvgIpc) is 2.94. The molecule has 0 atom stereocenters. The Morgan fingerprint density at radius 2 is 2.28 bits per heavy atom. The molecule has 3 rings (SSSR count). The van der Waals surface area contributed by atoms with Gasteiger partial charge in [0.2, 0.25) is 6.41 Å². The van der Waals surface area contributed by atoms with E-state index in [1.165, 1.54) is 18.3 Å². The largest absolute Gasteiger partial charge is 0.337 e. The Balaban J connectivity index is 2.13. The predicted octanol–water partition coefficient (Wildman–Crippen LogP) is 1.66. The third kappa shape index (κ3) is 1.61. The normalized spacial score (nSPS) is 10.7. The molecule has 0 saturated carbocycles. The van der Waals surface area contributed by atoms with E-state index in [-0.39, 0.29) is 5.82 Å². The monoisotopic (exact) mass is 245 g/mol. The number of imidazole rings is 1. The van der Waals surface area contributed by atoms with Crippen LogP contribution >= 0.6 is 0 Å². The first-order chi connectivity index (χ1) is 8.78. The van der Waals surface area contributed by atoms with E-state index < -0.39 is 0 Å². The first-order valence-electron chi connectivity index (χ1n) is 5.17. The molecule has 1 amide bonds. The molecule has 0 fully saturated rings. The average molecular weight is 245 g/mol. The molecule has 0 saturated heterocycles. The van der Waals surface area contributed by atoms with Gasteiger partial charge in [0.25, 0.3) is 0 Å². The topological polar surface area (TPSA) is 86.5 Å². The van der Waals surface area contributed by atoms with Crippen LogP contribution in [0.15, 0.2) is 24.4 Å². The van der Waals surface area contributed by atoms with Gasteiger partial charge in [-0.05, 0) is 18.2 Å². The third-order valence-corrected chi connectivity index (χ3v) is 2.53. The summed E-state index contributed by atoms with van der Waals surface area (Å²) in [7, 11) is 0. The van der Waals surface area contributed by atoms with Gasteiger partial charge in [0, 0.05) is 0 Å². The number of rotatable bonds is 3. The summed E-state index contributed by atoms with van der Waals surface area (Å²) >= 11 is 0. The van der Waals surface area contributed by atoms with Gasteiger partial charge in [-0.15, -0.1) is 0 Å². The second-order valence-electron chi connectivity index (χ2n) is 3.67. The number of amides is 1. The van der Waals surface area contributed by atoms with Crippen molar-refractivity contribution in [2.24, 2.45) is 0 Å². The van der Waals surface area contributed by atoms with Crippen LogP contribution in [0.2, 0.25) is 0 Å². The summed E-state index contributed by atoms with van der Waals surface area (Å²) in [6.07, 6.45) is 2.02. The minimum Gasteiger partial charge on any atom is -0.337 e. The van der Waals surface area contributed by atoms with Gasteiger partial charge in [-0.1, -0.05) is 0 Å². The minimum atomic E-state index is -0.339. The number of H-pyrrole nitrogens is 2. The molecule has 7 heteroatoms. The van der Waals surface area contributed by atoms with Crippen molar-refractivity contribution < 1.29 is 9.18 Å². The number of fused-ring (bicyclic) bond motifs is 1. The molecule has 0 bridgehead atoms. The van der Waals surface area contributed by atoms with E-state index in [1.807, 2.05) is 0 Å². The van der Waals surface area contributed by atoms with Crippen molar-refractivity contribution >= 4 is 23.1 Å². The van der Waals surface area contributed by atoms with Crippen molar-refractivity contribution in [3.05, 3.63) is 30.2 Å². The highest BCUT2D eigenvalue weighted by Gasteiger charge is 2.12. The first-order valence-corrected chi connectivity index (χ1v) is 5.17. The lowest BCUT2D eigenvalue weighted by molar-refractivity contribution is -0.105. The third-order valence-electron chi connectivity index (χ3n) is 2.53. The summed E-state index contributed by atoms with van der Waals surface area (Å²) in [6, 6.07) is 4.27. The van der Waals surface area contributed by atoms with Gasteiger partial charge >= 0.3 is 0 Å². The summed E-state index contributed by atoms with van der Waals surface area (Å²) in [5, 5.41) is 9.05. The second-order valence-corrected chi connectivity index (χ2v) is 3.67. The molecule has 0 aliphatic rings. The van der Waals surface area contributed by atoms with Crippen molar-refractivity contribution in [3.63, 3.8) is 0 Å². The number of aromatic nitrogens is 4. The smallest absolute Gasteiger partial charge is 0.211 e. The fourth-order valence-electron chi connectivity index (χ4n) is 1.74. The fourth-order valence-corrected chi connectivity index (χ4v) is 1.74. The Morgan fingerprint density at radius 1 is 1.39 bits per heavy atom. The van der Waals surface area contributed by atoms with Crippen molar-refractivity contribution in [1.29, 1.82) is 0 Å². The molecule has 18 heavy (non-hydrogen) atoms. The summed E-state index contributed by atoms with van der Waals surface area (Å²) in [6.45, 7) is 0. The van der Waals surface area contributed by atoms with E-state index in [9.17, 15) is 9.18 Å². The summed E-state index contributed by atoms with van der Waals surface area (Å²) < 4.78 is 13.1. The maximum Gasteiger partial charge on any atom is 0.211 e. The Bertz CT molecular complexity index is 717. The van der Waals surface area contributed by atoms with Crippen molar-refractivity contribution in [2.45, 2.75) is 0 Å². The Morgan fingerprint density at radius 3 is 3.11 bits per heavy atom. The van der Waals surface area contributed by atoms with Gasteiger partial charge in [0.1, 0.15) is 11.5 Å². The first kappa shape index (κ1) is 10.5. The van der Waals surface area contributed by atoms with Crippen LogP contribution in [0.3, 0.4) is 0 Å². The van der Waals surface area contributed by atoms with Crippen molar-refractivity contribution in [2.75, 3.05) is 5.32 Å². The number of hydrogen-bond donors (Lipinski definition) is 3. The number of hydrogen-bond acceptors (Lipinski definition) is 3. The lowest BCUT2D eigenvalue weighted by Gasteiger charge is -1.96. The minimum absolute atomic E-state index is 0.339. The van der Waals surface area contributed by atoms with Gasteiger partial charge in [-0.25, -0.2) is 9.37 Å². The van der Waals surface area contributed by atoms with Crippen LogP contribution in [0.1, 0.15) is 0 Å². The van der Waals surface area contributed by atoms with Crippen LogP contribution in [0.5, 0.6) is 0 Å². The number of nitrogens with zero attached hydrogens (tertiary/aromatic N) is 2. The zero-order chi connectivity index (χ0) is 12.5. The number of anilines is 1. The SMILES string of the molecule is O=CNc1cn[nH]c1-c1nc2ccc(F)cc2[nH]1. The van der Waals surface area contributed by atoms with Crippen molar-refractivity contribution in [3.8, 4) is 11.5 Å². The van der Waals surface area contributed by atoms with Crippen LogP contribution in [-0.4, -0.2) is 26.6 Å². The molecule has 3 aromatic rings. The van der Waals surface area contributed by atoms with Gasteiger partial charge in [0.05, 0.1) is 22.9 Å². The molecular formula is C11H8FN5O. The van der Waals surface area contributed by atoms with Gasteiger partial charge in [0.15, 0.2) is 5.82 Å². The quantitative estimate of drug-likeness (QED) is 0.613. The highest BCUT2D eigenvalue weighted by atomic mass is 19.1. The molecule has 90 valence electrons. The maximum absolute atomic E-state index is 13.1. The molecule has 1 aromatic carbocycles. The number of halogens is 1. The standard InChI is InChI=1S/C11H8FN5O/c12-6-1-2-7-8(3-6)16-11(15-7)10-9(13-5-18)4-14-17-10/h1-5H,(H,13,18)(H,14,17)(H,15,16). The van der Waals surface area contributed by atoms with E-state index in [0.717, 1.165) is 0 Å². The van der Waals surface area contributed by atoms with E-state index in [1.54, 1.807) is 6.07 Å². The molecule has 0 radical (unpaired) electrons. The number of carbonyl (C=O) groups excluding carboxylic acids is 1. The predicted molar refractivity (Wildman–Crippen MR) is 63.3 cm³/mol. The molecule has 0 unspecified atom stereocenters. The molecule has 6 nitrogen and oxygen atoms in total. The fraction of sp³-hybridized carbons (Fsp3) is 0. The van der Waals surface area contributed by atoms with Gasteiger partial charge in [-0.2, -0.15) is 5.10 Å². The second kappa shape index (κ2) is 3.95. The van der Waals surface area contributed by atoms with Gasteiger partial charge < -0.3 is 10.3 Å². The Kier molecular flexibility index (Phi) is 2.30. The van der Waals surface area contributed by atoms with Crippen molar-refractivity contribution in [1.82, 2.24) is 20.2 Å². The van der Waals surface area contributed by atoms with E-state index in [2.05, 4.69) is 25.5 Å². The number of nitrogens with one attached hydrogen (secondary N) is 3. The molecule has 3 N–H and O–H groups in total.